The first-order valence-electron chi connectivity index (χ1n) is 18.0. The standard InChI is InChI=1S/C47H36N4O/c1-30-16-6-7-19-32(30)44-49-45(51-46(2,50-44)31-17-4-3-5-18-31)36-23-15-29-48-42(36)35-22-14-27-40-43(35)52-41-28-13-12-26-39(41)47(40)37-24-10-8-20-33(37)34-21-9-11-25-38(34)47/h3-30,32H,1-2H3,(H,49,50,51). The highest BCUT2D eigenvalue weighted by atomic mass is 16.5. The van der Waals surface area contributed by atoms with Gasteiger partial charge in [-0.15, -0.1) is 0 Å². The van der Waals surface area contributed by atoms with E-state index in [1.165, 1.54) is 22.3 Å². The minimum Gasteiger partial charge on any atom is -0.456 e. The molecular formula is C47H36N4O. The maximum atomic E-state index is 7.02. The van der Waals surface area contributed by atoms with E-state index >= 15 is 0 Å². The molecule has 4 aliphatic rings. The molecule has 250 valence electrons. The van der Waals surface area contributed by atoms with Crippen molar-refractivity contribution in [1.82, 2.24) is 10.3 Å². The van der Waals surface area contributed by atoms with Gasteiger partial charge in [0.15, 0.2) is 5.66 Å². The van der Waals surface area contributed by atoms with E-state index in [0.29, 0.717) is 0 Å². The van der Waals surface area contributed by atoms with E-state index < -0.39 is 11.1 Å². The molecule has 5 nitrogen and oxygen atoms in total. The molecule has 0 bridgehead atoms. The summed E-state index contributed by atoms with van der Waals surface area (Å²) in [4.78, 5) is 15.7. The lowest BCUT2D eigenvalue weighted by Gasteiger charge is -2.40. The second-order valence-electron chi connectivity index (χ2n) is 14.2. The summed E-state index contributed by atoms with van der Waals surface area (Å²) in [5.74, 6) is 3.46. The van der Waals surface area contributed by atoms with E-state index in [1.807, 2.05) is 18.3 Å². The molecule has 0 amide bonds. The summed E-state index contributed by atoms with van der Waals surface area (Å²) in [5, 5.41) is 3.77. The Hall–Kier alpha value is -6.33. The van der Waals surface area contributed by atoms with Crippen molar-refractivity contribution in [3.05, 3.63) is 197 Å². The van der Waals surface area contributed by atoms with Crippen LogP contribution >= 0.6 is 0 Å². The van der Waals surface area contributed by atoms with Crippen molar-refractivity contribution >= 4 is 11.7 Å². The number of aliphatic imine (C=N–C) groups is 2. The Morgan fingerprint density at radius 1 is 0.615 bits per heavy atom. The van der Waals surface area contributed by atoms with Crippen molar-refractivity contribution in [3.63, 3.8) is 0 Å². The molecule has 0 radical (unpaired) electrons. The molecule has 3 unspecified atom stereocenters. The van der Waals surface area contributed by atoms with E-state index in [-0.39, 0.29) is 11.8 Å². The summed E-state index contributed by atoms with van der Waals surface area (Å²) < 4.78 is 7.02. The molecule has 0 fully saturated rings. The van der Waals surface area contributed by atoms with Crippen LogP contribution in [0.1, 0.15) is 47.2 Å². The Kier molecular flexibility index (Phi) is 6.81. The summed E-state index contributed by atoms with van der Waals surface area (Å²) >= 11 is 0. The molecule has 0 saturated carbocycles. The molecule has 6 aromatic rings. The van der Waals surface area contributed by atoms with Gasteiger partial charge in [0.1, 0.15) is 23.2 Å². The normalized spacial score (nSPS) is 21.5. The van der Waals surface area contributed by atoms with Crippen LogP contribution in [0, 0.1) is 11.8 Å². The number of hydrogen-bond acceptors (Lipinski definition) is 5. The molecule has 3 atom stereocenters. The van der Waals surface area contributed by atoms with Crippen molar-refractivity contribution < 1.29 is 4.74 Å². The number of nitrogens with one attached hydrogen (secondary N) is 1. The molecule has 52 heavy (non-hydrogen) atoms. The number of nitrogens with zero attached hydrogens (tertiary/aromatic N) is 3. The van der Waals surface area contributed by atoms with Crippen molar-refractivity contribution in [1.29, 1.82) is 0 Å². The number of pyridine rings is 1. The van der Waals surface area contributed by atoms with E-state index in [0.717, 1.165) is 56.7 Å². The molecule has 0 saturated heterocycles. The molecule has 2 aliphatic heterocycles. The van der Waals surface area contributed by atoms with Crippen LogP contribution in [0.4, 0.5) is 0 Å². The van der Waals surface area contributed by atoms with Crippen molar-refractivity contribution in [2.24, 2.45) is 21.8 Å². The van der Waals surface area contributed by atoms with Gasteiger partial charge in [0.2, 0.25) is 0 Å². The predicted molar refractivity (Wildman–Crippen MR) is 209 cm³/mol. The van der Waals surface area contributed by atoms with Gasteiger partial charge in [-0.3, -0.25) is 4.98 Å². The molecule has 3 heterocycles. The first-order chi connectivity index (χ1) is 25.6. The first kappa shape index (κ1) is 30.5. The average Bonchev–Trinajstić information content (AvgIpc) is 3.49. The van der Waals surface area contributed by atoms with E-state index in [9.17, 15) is 0 Å². The number of fused-ring (bicyclic) bond motifs is 9. The van der Waals surface area contributed by atoms with Crippen LogP contribution in [0.2, 0.25) is 0 Å². The Morgan fingerprint density at radius 2 is 1.25 bits per heavy atom. The van der Waals surface area contributed by atoms with Gasteiger partial charge >= 0.3 is 0 Å². The van der Waals surface area contributed by atoms with Crippen LogP contribution in [0.3, 0.4) is 0 Å². The Bertz CT molecular complexity index is 2480. The highest BCUT2D eigenvalue weighted by Gasteiger charge is 2.51. The summed E-state index contributed by atoms with van der Waals surface area (Å²) in [5.41, 5.74) is 9.59. The summed E-state index contributed by atoms with van der Waals surface area (Å²) in [6.07, 6.45) is 10.5. The number of hydrogen-bond donors (Lipinski definition) is 1. The Morgan fingerprint density at radius 3 is 2.02 bits per heavy atom. The maximum Gasteiger partial charge on any atom is 0.156 e. The van der Waals surface area contributed by atoms with Crippen LogP contribution < -0.4 is 10.1 Å². The lowest BCUT2D eigenvalue weighted by Crippen LogP contribution is -2.47. The van der Waals surface area contributed by atoms with Gasteiger partial charge < -0.3 is 10.1 Å². The van der Waals surface area contributed by atoms with E-state index in [4.69, 9.17) is 19.7 Å². The van der Waals surface area contributed by atoms with Gasteiger partial charge in [0, 0.05) is 34.4 Å². The average molecular weight is 673 g/mol. The smallest absolute Gasteiger partial charge is 0.156 e. The molecule has 1 aromatic heterocycles. The molecule has 2 aliphatic carbocycles. The third-order valence-electron chi connectivity index (χ3n) is 11.2. The minimum atomic E-state index is -0.748. The fourth-order valence-electron chi connectivity index (χ4n) is 8.75. The lowest BCUT2D eigenvalue weighted by molar-refractivity contribution is 0.438. The van der Waals surface area contributed by atoms with E-state index in [1.54, 1.807) is 0 Å². The van der Waals surface area contributed by atoms with Gasteiger partial charge in [-0.2, -0.15) is 0 Å². The zero-order chi connectivity index (χ0) is 34.9. The molecule has 10 rings (SSSR count). The molecule has 5 aromatic carbocycles. The molecule has 1 N–H and O–H groups in total. The second-order valence-corrected chi connectivity index (χ2v) is 14.2. The number of rotatable bonds is 4. The van der Waals surface area contributed by atoms with Gasteiger partial charge in [-0.05, 0) is 64.9 Å². The highest BCUT2D eigenvalue weighted by molar-refractivity contribution is 6.12. The first-order valence-corrected chi connectivity index (χ1v) is 18.0. The van der Waals surface area contributed by atoms with Crippen LogP contribution in [-0.2, 0) is 11.1 Å². The SMILES string of the molecule is CC1C=CC=CC1C1=NC(C)(c2ccccc2)NC(c2cccnc2-c2cccc3c2Oc2ccccc2C32c3ccccc3-c3ccccc32)=N1. The summed E-state index contributed by atoms with van der Waals surface area (Å²) in [7, 11) is 0. The minimum absolute atomic E-state index is 0.0388. The van der Waals surface area contributed by atoms with Crippen LogP contribution in [-0.4, -0.2) is 16.7 Å². The van der Waals surface area contributed by atoms with Crippen molar-refractivity contribution in [2.45, 2.75) is 24.9 Å². The fraction of sp³-hybridized carbons (Fsp3) is 0.128. The number of allylic oxidation sites excluding steroid dienone is 3. The maximum absolute atomic E-state index is 7.02. The van der Waals surface area contributed by atoms with Gasteiger partial charge in [-0.1, -0.05) is 140 Å². The number of amidine groups is 2. The van der Waals surface area contributed by atoms with Crippen molar-refractivity contribution in [3.8, 4) is 33.9 Å². The Balaban J connectivity index is 1.19. The number of benzene rings is 5. The Labute approximate surface area is 303 Å². The topological polar surface area (TPSA) is 58.9 Å². The van der Waals surface area contributed by atoms with Crippen LogP contribution in [0.15, 0.2) is 174 Å². The molecular weight excluding hydrogens is 637 g/mol. The monoisotopic (exact) mass is 672 g/mol. The zero-order valence-electron chi connectivity index (χ0n) is 29.0. The highest BCUT2D eigenvalue weighted by Crippen LogP contribution is 2.63. The van der Waals surface area contributed by atoms with Gasteiger partial charge in [0.25, 0.3) is 0 Å². The zero-order valence-corrected chi connectivity index (χ0v) is 29.0. The number of aromatic nitrogens is 1. The number of ether oxygens (including phenoxy) is 1. The van der Waals surface area contributed by atoms with Crippen molar-refractivity contribution in [2.75, 3.05) is 0 Å². The quantitative estimate of drug-likeness (QED) is 0.202. The third-order valence-corrected chi connectivity index (χ3v) is 11.2. The largest absolute Gasteiger partial charge is 0.456 e. The van der Waals surface area contributed by atoms with Gasteiger partial charge in [-0.25, -0.2) is 9.98 Å². The lowest BCUT2D eigenvalue weighted by atomic mass is 9.65. The van der Waals surface area contributed by atoms with Crippen LogP contribution in [0.25, 0.3) is 22.4 Å². The molecule has 1 spiro atoms. The second kappa shape index (κ2) is 11.6. The van der Waals surface area contributed by atoms with E-state index in [2.05, 4.69) is 165 Å². The molecule has 5 heteroatoms. The predicted octanol–water partition coefficient (Wildman–Crippen LogP) is 10.2. The number of para-hydroxylation sites is 2. The van der Waals surface area contributed by atoms with Gasteiger partial charge in [0.05, 0.1) is 11.1 Å². The summed E-state index contributed by atoms with van der Waals surface area (Å²) in [6, 6.07) is 47.1. The van der Waals surface area contributed by atoms with Crippen LogP contribution in [0.5, 0.6) is 11.5 Å². The third kappa shape index (κ3) is 4.38. The summed E-state index contributed by atoms with van der Waals surface area (Å²) in [6.45, 7) is 4.35. The fourth-order valence-corrected chi connectivity index (χ4v) is 8.75.